The molecule has 3 rings (SSSR count). The molecule has 1 heteroatoms. The van der Waals surface area contributed by atoms with Crippen molar-refractivity contribution >= 4 is 0 Å². The summed E-state index contributed by atoms with van der Waals surface area (Å²) in [7, 11) is 0. The Morgan fingerprint density at radius 1 is 0.846 bits per heavy atom. The minimum absolute atomic E-state index is 0.0901. The maximum Gasteiger partial charge on any atom is 0.123 e. The van der Waals surface area contributed by atoms with Crippen LogP contribution in [0.5, 0.6) is 0 Å². The predicted octanol–water partition coefficient (Wildman–Crippen LogP) is 7.08. The standard InChI is InChI=1S/C25H33F/c1-2-3-4-5-6-7-20-8-10-21(11-9-20)12-13-22-14-15-24-19-25(26)17-16-23(24)18-22/h8-11,16-17,19,22H,2-7,12-15,18H2,1H3. The molecular weight excluding hydrogens is 319 g/mol. The molecular formula is C25H33F. The van der Waals surface area contributed by atoms with Crippen LogP contribution in [0.4, 0.5) is 4.39 Å². The fourth-order valence-corrected chi connectivity index (χ4v) is 4.22. The summed E-state index contributed by atoms with van der Waals surface area (Å²) in [5, 5.41) is 0. The Morgan fingerprint density at radius 3 is 2.35 bits per heavy atom. The number of hydrogen-bond donors (Lipinski definition) is 0. The van der Waals surface area contributed by atoms with E-state index in [9.17, 15) is 4.39 Å². The third-order valence-electron chi connectivity index (χ3n) is 5.93. The summed E-state index contributed by atoms with van der Waals surface area (Å²) in [6, 6.07) is 14.6. The van der Waals surface area contributed by atoms with Crippen molar-refractivity contribution in [1.29, 1.82) is 0 Å². The third-order valence-corrected chi connectivity index (χ3v) is 5.93. The molecule has 1 atom stereocenters. The Bertz CT molecular complexity index is 671. The van der Waals surface area contributed by atoms with E-state index in [0.29, 0.717) is 0 Å². The molecule has 2 aromatic rings. The van der Waals surface area contributed by atoms with Crippen molar-refractivity contribution < 1.29 is 4.39 Å². The summed E-state index contributed by atoms with van der Waals surface area (Å²) in [6.45, 7) is 2.27. The quantitative estimate of drug-likeness (QED) is 0.423. The number of benzene rings is 2. The minimum Gasteiger partial charge on any atom is -0.207 e. The van der Waals surface area contributed by atoms with Gasteiger partial charge in [0.15, 0.2) is 0 Å². The van der Waals surface area contributed by atoms with Gasteiger partial charge in [0, 0.05) is 0 Å². The maximum absolute atomic E-state index is 13.3. The first kappa shape index (κ1) is 19.1. The van der Waals surface area contributed by atoms with Gasteiger partial charge in [0.25, 0.3) is 0 Å². The van der Waals surface area contributed by atoms with Crippen molar-refractivity contribution in [2.24, 2.45) is 5.92 Å². The van der Waals surface area contributed by atoms with Crippen LogP contribution in [0.1, 0.15) is 74.1 Å². The molecule has 0 amide bonds. The maximum atomic E-state index is 13.3. The fourth-order valence-electron chi connectivity index (χ4n) is 4.22. The Balaban J connectivity index is 1.41. The van der Waals surface area contributed by atoms with Crippen LogP contribution < -0.4 is 0 Å². The summed E-state index contributed by atoms with van der Waals surface area (Å²) >= 11 is 0. The molecule has 0 heterocycles. The van der Waals surface area contributed by atoms with E-state index in [1.54, 1.807) is 12.1 Å². The highest BCUT2D eigenvalue weighted by atomic mass is 19.1. The molecule has 2 aromatic carbocycles. The molecule has 26 heavy (non-hydrogen) atoms. The van der Waals surface area contributed by atoms with Crippen molar-refractivity contribution in [1.82, 2.24) is 0 Å². The van der Waals surface area contributed by atoms with E-state index in [2.05, 4.69) is 31.2 Å². The molecule has 0 fully saturated rings. The van der Waals surface area contributed by atoms with E-state index in [0.717, 1.165) is 25.2 Å². The SMILES string of the molecule is CCCCCCCc1ccc(CCC2CCc3cc(F)ccc3C2)cc1. The van der Waals surface area contributed by atoms with Crippen LogP contribution in [0.15, 0.2) is 42.5 Å². The van der Waals surface area contributed by atoms with Crippen LogP contribution >= 0.6 is 0 Å². The monoisotopic (exact) mass is 352 g/mol. The van der Waals surface area contributed by atoms with Gasteiger partial charge in [0.05, 0.1) is 0 Å². The third kappa shape index (κ3) is 5.69. The Hall–Kier alpha value is -1.63. The molecule has 0 aromatic heterocycles. The van der Waals surface area contributed by atoms with E-state index in [1.807, 2.05) is 6.07 Å². The molecule has 140 valence electrons. The van der Waals surface area contributed by atoms with Gasteiger partial charge in [-0.3, -0.25) is 0 Å². The molecule has 0 N–H and O–H groups in total. The first-order valence-electron chi connectivity index (χ1n) is 10.6. The predicted molar refractivity (Wildman–Crippen MR) is 109 cm³/mol. The van der Waals surface area contributed by atoms with Gasteiger partial charge in [-0.2, -0.15) is 0 Å². The van der Waals surface area contributed by atoms with Crippen LogP contribution in [0.3, 0.4) is 0 Å². The van der Waals surface area contributed by atoms with Crippen LogP contribution in [0.25, 0.3) is 0 Å². The zero-order valence-electron chi connectivity index (χ0n) is 16.3. The van der Waals surface area contributed by atoms with Gasteiger partial charge in [-0.15, -0.1) is 0 Å². The molecule has 0 bridgehead atoms. The average molecular weight is 353 g/mol. The summed E-state index contributed by atoms with van der Waals surface area (Å²) in [5.41, 5.74) is 5.54. The Kier molecular flexibility index (Phi) is 7.29. The zero-order chi connectivity index (χ0) is 18.2. The molecule has 0 aliphatic heterocycles. The summed E-state index contributed by atoms with van der Waals surface area (Å²) in [5.74, 6) is 0.652. The summed E-state index contributed by atoms with van der Waals surface area (Å²) < 4.78 is 13.3. The molecule has 0 nitrogen and oxygen atoms in total. The second-order valence-corrected chi connectivity index (χ2v) is 8.04. The topological polar surface area (TPSA) is 0 Å². The van der Waals surface area contributed by atoms with Crippen molar-refractivity contribution in [2.45, 2.75) is 77.6 Å². The lowest BCUT2D eigenvalue weighted by Crippen LogP contribution is -2.15. The van der Waals surface area contributed by atoms with Crippen LogP contribution in [0, 0.1) is 11.7 Å². The van der Waals surface area contributed by atoms with Crippen LogP contribution in [0.2, 0.25) is 0 Å². The van der Waals surface area contributed by atoms with E-state index in [-0.39, 0.29) is 5.82 Å². The first-order chi connectivity index (χ1) is 12.7. The van der Waals surface area contributed by atoms with Crippen molar-refractivity contribution in [3.8, 4) is 0 Å². The lowest BCUT2D eigenvalue weighted by atomic mass is 9.81. The Labute approximate surface area is 158 Å². The molecule has 0 radical (unpaired) electrons. The number of unbranched alkanes of at least 4 members (excludes halogenated alkanes) is 4. The second kappa shape index (κ2) is 9.90. The highest BCUT2D eigenvalue weighted by molar-refractivity contribution is 5.30. The number of halogens is 1. The van der Waals surface area contributed by atoms with Gasteiger partial charge in [0.2, 0.25) is 0 Å². The highest BCUT2D eigenvalue weighted by Gasteiger charge is 2.18. The van der Waals surface area contributed by atoms with E-state index < -0.39 is 0 Å². The van der Waals surface area contributed by atoms with Gasteiger partial charge >= 0.3 is 0 Å². The van der Waals surface area contributed by atoms with E-state index in [1.165, 1.54) is 73.6 Å². The van der Waals surface area contributed by atoms with E-state index >= 15 is 0 Å². The smallest absolute Gasteiger partial charge is 0.123 e. The van der Waals surface area contributed by atoms with Crippen molar-refractivity contribution in [3.63, 3.8) is 0 Å². The number of aryl methyl sites for hydroxylation is 3. The van der Waals surface area contributed by atoms with Crippen LogP contribution in [-0.4, -0.2) is 0 Å². The molecule has 0 spiro atoms. The Morgan fingerprint density at radius 2 is 1.58 bits per heavy atom. The largest absolute Gasteiger partial charge is 0.207 e. The second-order valence-electron chi connectivity index (χ2n) is 8.04. The summed E-state index contributed by atoms with van der Waals surface area (Å²) in [6.07, 6.45) is 13.7. The van der Waals surface area contributed by atoms with Crippen molar-refractivity contribution in [2.75, 3.05) is 0 Å². The van der Waals surface area contributed by atoms with Gasteiger partial charge in [-0.25, -0.2) is 4.39 Å². The average Bonchev–Trinajstić information content (AvgIpc) is 2.67. The molecule has 1 unspecified atom stereocenters. The normalized spacial score (nSPS) is 16.5. The van der Waals surface area contributed by atoms with E-state index in [4.69, 9.17) is 0 Å². The van der Waals surface area contributed by atoms with Crippen LogP contribution in [-0.2, 0) is 25.7 Å². The van der Waals surface area contributed by atoms with Gasteiger partial charge in [-0.05, 0) is 85.3 Å². The first-order valence-corrected chi connectivity index (χ1v) is 10.6. The number of hydrogen-bond acceptors (Lipinski definition) is 0. The molecule has 0 saturated carbocycles. The number of rotatable bonds is 9. The lowest BCUT2D eigenvalue weighted by molar-refractivity contribution is 0.426. The van der Waals surface area contributed by atoms with Crippen molar-refractivity contribution in [3.05, 3.63) is 70.5 Å². The minimum atomic E-state index is -0.0901. The zero-order valence-corrected chi connectivity index (χ0v) is 16.3. The van der Waals surface area contributed by atoms with Gasteiger partial charge in [0.1, 0.15) is 5.82 Å². The highest BCUT2D eigenvalue weighted by Crippen LogP contribution is 2.29. The molecule has 1 aliphatic rings. The lowest BCUT2D eigenvalue weighted by Gasteiger charge is -2.24. The van der Waals surface area contributed by atoms with Gasteiger partial charge in [-0.1, -0.05) is 62.9 Å². The molecule has 0 saturated heterocycles. The number of fused-ring (bicyclic) bond motifs is 1. The fraction of sp³-hybridized carbons (Fsp3) is 0.520. The molecule has 1 aliphatic carbocycles. The van der Waals surface area contributed by atoms with Gasteiger partial charge < -0.3 is 0 Å². The summed E-state index contributed by atoms with van der Waals surface area (Å²) in [4.78, 5) is 0.